The summed E-state index contributed by atoms with van der Waals surface area (Å²) in [5.74, 6) is 2.17. The lowest BCUT2D eigenvalue weighted by molar-refractivity contribution is 0.385. The van der Waals surface area contributed by atoms with Crippen molar-refractivity contribution >= 4 is 10.8 Å². The number of hydrogen-bond acceptors (Lipinski definition) is 3. The molecule has 0 aliphatic heterocycles. The zero-order chi connectivity index (χ0) is 15.1. The van der Waals surface area contributed by atoms with Crippen LogP contribution >= 0.6 is 0 Å². The molecule has 1 N–H and O–H groups in total. The number of ether oxygens (including phenoxy) is 1. The van der Waals surface area contributed by atoms with Crippen molar-refractivity contribution in [3.8, 4) is 5.75 Å². The Hall–Kier alpha value is -0.870. The highest BCUT2D eigenvalue weighted by atomic mass is 32.2. The average molecular weight is 309 g/mol. The molecule has 2 rings (SSSR count). The Labute approximate surface area is 130 Å². The van der Waals surface area contributed by atoms with E-state index in [1.165, 1.54) is 25.7 Å². The number of methoxy groups -OCH3 is 1. The van der Waals surface area contributed by atoms with Gasteiger partial charge in [0.05, 0.1) is 17.9 Å². The van der Waals surface area contributed by atoms with Crippen molar-refractivity contribution in [2.45, 2.75) is 50.0 Å². The molecule has 0 radical (unpaired) electrons. The molecule has 0 heterocycles. The molecule has 21 heavy (non-hydrogen) atoms. The van der Waals surface area contributed by atoms with Gasteiger partial charge < -0.3 is 10.1 Å². The van der Waals surface area contributed by atoms with Crippen LogP contribution in [0.2, 0.25) is 0 Å². The van der Waals surface area contributed by atoms with Crippen LogP contribution in [-0.2, 0) is 10.8 Å². The maximum absolute atomic E-state index is 12.7. The van der Waals surface area contributed by atoms with Crippen molar-refractivity contribution in [3.05, 3.63) is 24.3 Å². The van der Waals surface area contributed by atoms with Gasteiger partial charge in [-0.3, -0.25) is 4.21 Å². The Morgan fingerprint density at radius 1 is 1.38 bits per heavy atom. The first-order valence-corrected chi connectivity index (χ1v) is 9.32. The van der Waals surface area contributed by atoms with E-state index < -0.39 is 10.8 Å². The number of hydrogen-bond donors (Lipinski definition) is 1. The largest absolute Gasteiger partial charge is 0.497 e. The summed E-state index contributed by atoms with van der Waals surface area (Å²) in [5.41, 5.74) is 0. The molecule has 3 nitrogen and oxygen atoms in total. The number of benzene rings is 1. The molecule has 0 aromatic heterocycles. The topological polar surface area (TPSA) is 38.3 Å². The van der Waals surface area contributed by atoms with Gasteiger partial charge in [0.15, 0.2) is 0 Å². The molecule has 0 spiro atoms. The van der Waals surface area contributed by atoms with Crippen molar-refractivity contribution in [1.82, 2.24) is 5.32 Å². The molecule has 1 aromatic rings. The molecule has 0 bridgehead atoms. The highest BCUT2D eigenvalue weighted by Crippen LogP contribution is 2.29. The summed E-state index contributed by atoms with van der Waals surface area (Å²) in [6, 6.07) is 8.01. The molecule has 0 amide bonds. The minimum Gasteiger partial charge on any atom is -0.497 e. The normalized spacial score (nSPS) is 18.6. The standard InChI is InChI=1S/C17H27NO2S/c1-3-11-18-17(14-7-4-5-8-14)13-21(19)16-10-6-9-15(12-16)20-2/h6,9-10,12,14,17-18H,3-5,7-8,11,13H2,1-2H3. The Balaban J connectivity index is 2.01. The van der Waals surface area contributed by atoms with E-state index in [2.05, 4.69) is 12.2 Å². The van der Waals surface area contributed by atoms with E-state index in [-0.39, 0.29) is 0 Å². The van der Waals surface area contributed by atoms with Gasteiger partial charge in [-0.2, -0.15) is 0 Å². The summed E-state index contributed by atoms with van der Waals surface area (Å²) >= 11 is 0. The van der Waals surface area contributed by atoms with Gasteiger partial charge in [0.1, 0.15) is 5.75 Å². The lowest BCUT2D eigenvalue weighted by Gasteiger charge is -2.24. The van der Waals surface area contributed by atoms with Crippen LogP contribution in [0.3, 0.4) is 0 Å². The number of nitrogens with one attached hydrogen (secondary N) is 1. The van der Waals surface area contributed by atoms with Crippen molar-refractivity contribution in [3.63, 3.8) is 0 Å². The van der Waals surface area contributed by atoms with Gasteiger partial charge in [0.2, 0.25) is 0 Å². The SMILES string of the molecule is CCCNC(CS(=O)c1cccc(OC)c1)C1CCCC1. The maximum Gasteiger partial charge on any atom is 0.120 e. The predicted molar refractivity (Wildman–Crippen MR) is 88.3 cm³/mol. The Morgan fingerprint density at radius 2 is 2.14 bits per heavy atom. The summed E-state index contributed by atoms with van der Waals surface area (Å²) in [6.45, 7) is 3.19. The predicted octanol–water partition coefficient (Wildman–Crippen LogP) is 3.36. The third kappa shape index (κ3) is 4.82. The van der Waals surface area contributed by atoms with Crippen LogP contribution < -0.4 is 10.1 Å². The van der Waals surface area contributed by atoms with Crippen molar-refractivity contribution < 1.29 is 8.95 Å². The van der Waals surface area contributed by atoms with Gasteiger partial charge in [-0.1, -0.05) is 25.8 Å². The molecule has 0 saturated heterocycles. The first-order chi connectivity index (χ1) is 10.2. The minimum absolute atomic E-state index is 0.375. The van der Waals surface area contributed by atoms with E-state index in [0.29, 0.717) is 17.7 Å². The first kappa shape index (κ1) is 16.5. The molecule has 1 aromatic carbocycles. The van der Waals surface area contributed by atoms with Crippen LogP contribution in [0, 0.1) is 5.92 Å². The zero-order valence-electron chi connectivity index (χ0n) is 13.1. The van der Waals surface area contributed by atoms with Crippen molar-refractivity contribution in [2.75, 3.05) is 19.4 Å². The summed E-state index contributed by atoms with van der Waals surface area (Å²) < 4.78 is 17.9. The van der Waals surface area contributed by atoms with Gasteiger partial charge in [0.25, 0.3) is 0 Å². The average Bonchev–Trinajstić information content (AvgIpc) is 3.05. The van der Waals surface area contributed by atoms with Crippen LogP contribution in [-0.4, -0.2) is 29.7 Å². The Kier molecular flexibility index (Phi) is 6.71. The van der Waals surface area contributed by atoms with E-state index in [0.717, 1.165) is 23.6 Å². The lowest BCUT2D eigenvalue weighted by Crippen LogP contribution is -2.40. The van der Waals surface area contributed by atoms with Crippen LogP contribution in [0.1, 0.15) is 39.0 Å². The maximum atomic E-state index is 12.7. The first-order valence-electron chi connectivity index (χ1n) is 8.00. The highest BCUT2D eigenvalue weighted by Gasteiger charge is 2.26. The fraction of sp³-hybridized carbons (Fsp3) is 0.647. The molecule has 4 heteroatoms. The van der Waals surface area contributed by atoms with Gasteiger partial charge in [0, 0.05) is 16.7 Å². The van der Waals surface area contributed by atoms with Gasteiger partial charge in [-0.15, -0.1) is 0 Å². The molecule has 1 aliphatic carbocycles. The lowest BCUT2D eigenvalue weighted by atomic mass is 10.00. The fourth-order valence-electron chi connectivity index (χ4n) is 3.05. The second-order valence-electron chi connectivity index (χ2n) is 5.80. The molecule has 118 valence electrons. The molecule has 2 unspecified atom stereocenters. The molecule has 1 fully saturated rings. The van der Waals surface area contributed by atoms with Gasteiger partial charge in [-0.25, -0.2) is 0 Å². The summed E-state index contributed by atoms with van der Waals surface area (Å²) in [4.78, 5) is 0.871. The monoisotopic (exact) mass is 309 g/mol. The summed E-state index contributed by atoms with van der Waals surface area (Å²) in [5, 5.41) is 3.62. The van der Waals surface area contributed by atoms with Crippen LogP contribution in [0.5, 0.6) is 5.75 Å². The van der Waals surface area contributed by atoms with E-state index >= 15 is 0 Å². The van der Waals surface area contributed by atoms with Gasteiger partial charge >= 0.3 is 0 Å². The van der Waals surface area contributed by atoms with E-state index in [4.69, 9.17) is 4.74 Å². The zero-order valence-corrected chi connectivity index (χ0v) is 14.0. The third-order valence-corrected chi connectivity index (χ3v) is 5.70. The van der Waals surface area contributed by atoms with Crippen LogP contribution in [0.25, 0.3) is 0 Å². The summed E-state index contributed by atoms with van der Waals surface area (Å²) in [6.07, 6.45) is 6.31. The van der Waals surface area contributed by atoms with Crippen LogP contribution in [0.15, 0.2) is 29.2 Å². The van der Waals surface area contributed by atoms with E-state index in [1.807, 2.05) is 24.3 Å². The van der Waals surface area contributed by atoms with Gasteiger partial charge in [-0.05, 0) is 49.9 Å². The smallest absolute Gasteiger partial charge is 0.120 e. The highest BCUT2D eigenvalue weighted by molar-refractivity contribution is 7.85. The molecule has 2 atom stereocenters. The third-order valence-electron chi connectivity index (χ3n) is 4.26. The van der Waals surface area contributed by atoms with Crippen molar-refractivity contribution in [2.24, 2.45) is 5.92 Å². The second kappa shape index (κ2) is 8.54. The molecular weight excluding hydrogens is 282 g/mol. The van der Waals surface area contributed by atoms with Crippen LogP contribution in [0.4, 0.5) is 0 Å². The minimum atomic E-state index is -0.967. The second-order valence-corrected chi connectivity index (χ2v) is 7.29. The van der Waals surface area contributed by atoms with Crippen molar-refractivity contribution in [1.29, 1.82) is 0 Å². The summed E-state index contributed by atoms with van der Waals surface area (Å²) in [7, 11) is 0.678. The number of rotatable bonds is 8. The fourth-order valence-corrected chi connectivity index (χ4v) is 4.44. The Morgan fingerprint density at radius 3 is 2.81 bits per heavy atom. The molecule has 1 aliphatic rings. The molecule has 1 saturated carbocycles. The molecular formula is C17H27NO2S. The van der Waals surface area contributed by atoms with E-state index in [1.54, 1.807) is 7.11 Å². The van der Waals surface area contributed by atoms with E-state index in [9.17, 15) is 4.21 Å². The quantitative estimate of drug-likeness (QED) is 0.800. The Bertz CT molecular complexity index is 458.